The van der Waals surface area contributed by atoms with Crippen molar-refractivity contribution in [2.75, 3.05) is 26.5 Å². The third kappa shape index (κ3) is 7.05. The third-order valence-corrected chi connectivity index (χ3v) is 4.33. The molecule has 0 radical (unpaired) electrons. The van der Waals surface area contributed by atoms with Gasteiger partial charge in [0.15, 0.2) is 5.82 Å². The molecule has 0 saturated heterocycles. The first-order valence-corrected chi connectivity index (χ1v) is 10.6. The van der Waals surface area contributed by atoms with Crippen LogP contribution in [0.25, 0.3) is 22.5 Å². The van der Waals surface area contributed by atoms with Crippen molar-refractivity contribution in [3.05, 3.63) is 78.7 Å². The summed E-state index contributed by atoms with van der Waals surface area (Å²) >= 11 is 0. The molecule has 0 aliphatic rings. The van der Waals surface area contributed by atoms with Crippen molar-refractivity contribution < 1.29 is 0 Å². The molecule has 0 spiro atoms. The van der Waals surface area contributed by atoms with Gasteiger partial charge in [0.1, 0.15) is 5.82 Å². The highest BCUT2D eigenvalue weighted by Crippen LogP contribution is 2.28. The van der Waals surface area contributed by atoms with Crippen molar-refractivity contribution in [3.8, 4) is 11.4 Å². The van der Waals surface area contributed by atoms with Gasteiger partial charge in [-0.1, -0.05) is 49.1 Å². The van der Waals surface area contributed by atoms with Crippen LogP contribution in [0, 0.1) is 0 Å². The Hall–Kier alpha value is -3.47. The number of nitrogens with one attached hydrogen (secondary N) is 1. The molecular weight excluding hydrogens is 394 g/mol. The Morgan fingerprint density at radius 1 is 1.19 bits per heavy atom. The number of benzene rings is 1. The predicted molar refractivity (Wildman–Crippen MR) is 140 cm³/mol. The second kappa shape index (κ2) is 10.7. The lowest BCUT2D eigenvalue weighted by Gasteiger charge is -2.24. The van der Waals surface area contributed by atoms with Crippen molar-refractivity contribution in [2.45, 2.75) is 33.2 Å². The third-order valence-electron chi connectivity index (χ3n) is 4.33. The Labute approximate surface area is 193 Å². The molecule has 1 aromatic heterocycles. The van der Waals surface area contributed by atoms with Crippen LogP contribution >= 0.6 is 0 Å². The molecule has 1 aromatic carbocycles. The summed E-state index contributed by atoms with van der Waals surface area (Å²) in [5, 5.41) is 3.53. The Morgan fingerprint density at radius 2 is 1.91 bits per heavy atom. The van der Waals surface area contributed by atoms with Crippen LogP contribution in [0.2, 0.25) is 0 Å². The van der Waals surface area contributed by atoms with Crippen LogP contribution in [0.4, 0.5) is 5.82 Å². The summed E-state index contributed by atoms with van der Waals surface area (Å²) in [6, 6.07) is 8.19. The lowest BCUT2D eigenvalue weighted by atomic mass is 10.0. The van der Waals surface area contributed by atoms with Crippen LogP contribution in [-0.4, -0.2) is 47.8 Å². The van der Waals surface area contributed by atoms with Crippen LogP contribution in [0.1, 0.15) is 38.8 Å². The van der Waals surface area contributed by atoms with Gasteiger partial charge < -0.3 is 10.2 Å². The van der Waals surface area contributed by atoms with Gasteiger partial charge in [0.25, 0.3) is 0 Å². The lowest BCUT2D eigenvalue weighted by molar-refractivity contribution is 0.566. The predicted octanol–water partition coefficient (Wildman–Crippen LogP) is 6.10. The zero-order chi connectivity index (χ0) is 23.9. The van der Waals surface area contributed by atoms with Crippen LogP contribution in [0.5, 0.6) is 0 Å². The first-order valence-electron chi connectivity index (χ1n) is 10.6. The Balaban J connectivity index is 2.65. The largest absolute Gasteiger partial charge is 0.383 e. The van der Waals surface area contributed by atoms with Crippen LogP contribution in [0.15, 0.2) is 72.5 Å². The van der Waals surface area contributed by atoms with E-state index in [2.05, 4.69) is 56.4 Å². The molecule has 0 atom stereocenters. The number of hydrogen-bond acceptors (Lipinski definition) is 5. The van der Waals surface area contributed by atoms with E-state index in [1.165, 1.54) is 0 Å². The molecule has 0 saturated carbocycles. The number of hydrogen-bond donors (Lipinski definition) is 1. The Morgan fingerprint density at radius 3 is 2.47 bits per heavy atom. The minimum absolute atomic E-state index is 0.176. The second-order valence-corrected chi connectivity index (χ2v) is 9.00. The second-order valence-electron chi connectivity index (χ2n) is 9.00. The summed E-state index contributed by atoms with van der Waals surface area (Å²) in [6.07, 6.45) is 9.55. The van der Waals surface area contributed by atoms with Crippen molar-refractivity contribution in [2.24, 2.45) is 4.99 Å². The molecule has 5 nitrogen and oxygen atoms in total. The first kappa shape index (κ1) is 24.8. The minimum atomic E-state index is -0.176. The molecule has 2 aromatic rings. The van der Waals surface area contributed by atoms with Crippen molar-refractivity contribution in [1.29, 1.82) is 0 Å². The Bertz CT molecular complexity index is 1070. The molecule has 168 valence electrons. The molecule has 1 heterocycles. The summed E-state index contributed by atoms with van der Waals surface area (Å²) in [5.74, 6) is 1.41. The summed E-state index contributed by atoms with van der Waals surface area (Å²) in [5.41, 5.74) is 5.58. The van der Waals surface area contributed by atoms with Gasteiger partial charge in [-0.3, -0.25) is 4.99 Å². The quantitative estimate of drug-likeness (QED) is 0.407. The maximum atomic E-state index is 4.92. The van der Waals surface area contributed by atoms with E-state index in [1.54, 1.807) is 7.05 Å². The van der Waals surface area contributed by atoms with Crippen LogP contribution in [-0.2, 0) is 0 Å². The summed E-state index contributed by atoms with van der Waals surface area (Å²) in [7, 11) is 5.74. The molecule has 0 aliphatic heterocycles. The number of rotatable bonds is 8. The molecule has 0 unspecified atom stereocenters. The standard InChI is InChI=1S/C27H35N5/c1-10-20(18-32(8)9)21-12-11-13-22(15-21)25-29-17-24(23(16-28-7)14-19(2)3)26(30-25)31-27(4,5)6/h10-18H,1-2H2,3-9H3,(H,29,30,31)/b20-18+,23-14+,28-16?. The van der Waals surface area contributed by atoms with Gasteiger partial charge in [-0.25, -0.2) is 9.97 Å². The number of anilines is 1. The fraction of sp³-hybridized carbons (Fsp3) is 0.296. The number of aliphatic imine (C=N–C) groups is 1. The maximum absolute atomic E-state index is 4.92. The van der Waals surface area contributed by atoms with Crippen molar-refractivity contribution in [1.82, 2.24) is 14.9 Å². The van der Waals surface area contributed by atoms with E-state index in [9.17, 15) is 0 Å². The van der Waals surface area contributed by atoms with Gasteiger partial charge in [0.05, 0.1) is 0 Å². The topological polar surface area (TPSA) is 53.4 Å². The Kier molecular flexibility index (Phi) is 8.30. The summed E-state index contributed by atoms with van der Waals surface area (Å²) in [4.78, 5) is 15.8. The van der Waals surface area contributed by atoms with E-state index < -0.39 is 0 Å². The van der Waals surface area contributed by atoms with Gasteiger partial charge in [-0.2, -0.15) is 0 Å². The fourth-order valence-corrected chi connectivity index (χ4v) is 3.13. The lowest BCUT2D eigenvalue weighted by Crippen LogP contribution is -2.27. The molecule has 0 fully saturated rings. The average Bonchev–Trinajstić information content (AvgIpc) is 2.70. The number of aromatic nitrogens is 2. The SMILES string of the molecule is C=C/C(=C\N(C)C)c1cccc(-c2ncc(/C(C=NC)=C/C(=C)C)c(NC(C)(C)C)n2)c1. The van der Waals surface area contributed by atoms with E-state index in [4.69, 9.17) is 9.97 Å². The van der Waals surface area contributed by atoms with E-state index in [-0.39, 0.29) is 5.54 Å². The summed E-state index contributed by atoms with van der Waals surface area (Å²) in [6.45, 7) is 16.3. The minimum Gasteiger partial charge on any atom is -0.383 e. The van der Waals surface area contributed by atoms with Gasteiger partial charge in [0.2, 0.25) is 0 Å². The van der Waals surface area contributed by atoms with Gasteiger partial charge in [-0.05, 0) is 44.9 Å². The van der Waals surface area contributed by atoms with Crippen molar-refractivity contribution >= 4 is 23.2 Å². The molecule has 1 N–H and O–H groups in total. The normalized spacial score (nSPS) is 12.7. The monoisotopic (exact) mass is 429 g/mol. The summed E-state index contributed by atoms with van der Waals surface area (Å²) < 4.78 is 0. The zero-order valence-corrected chi connectivity index (χ0v) is 20.4. The molecular formula is C27H35N5. The fourth-order valence-electron chi connectivity index (χ4n) is 3.13. The van der Waals surface area contributed by atoms with E-state index >= 15 is 0 Å². The zero-order valence-electron chi connectivity index (χ0n) is 20.4. The molecule has 0 amide bonds. The number of nitrogens with zero attached hydrogens (tertiary/aromatic N) is 4. The molecule has 0 aliphatic carbocycles. The molecule has 0 bridgehead atoms. The molecule has 2 rings (SSSR count). The smallest absolute Gasteiger partial charge is 0.161 e. The van der Waals surface area contributed by atoms with Crippen LogP contribution in [0.3, 0.4) is 0 Å². The molecule has 32 heavy (non-hydrogen) atoms. The van der Waals surface area contributed by atoms with E-state index in [0.717, 1.165) is 39.2 Å². The molecule has 5 heteroatoms. The highest BCUT2D eigenvalue weighted by Gasteiger charge is 2.17. The highest BCUT2D eigenvalue weighted by molar-refractivity contribution is 6.12. The van der Waals surface area contributed by atoms with E-state index in [1.807, 2.05) is 68.8 Å². The van der Waals surface area contributed by atoms with Gasteiger partial charge in [-0.15, -0.1) is 0 Å². The van der Waals surface area contributed by atoms with Crippen molar-refractivity contribution in [3.63, 3.8) is 0 Å². The van der Waals surface area contributed by atoms with Gasteiger partial charge >= 0.3 is 0 Å². The van der Waals surface area contributed by atoms with Crippen LogP contribution < -0.4 is 5.32 Å². The first-order chi connectivity index (χ1) is 15.0. The maximum Gasteiger partial charge on any atom is 0.161 e. The van der Waals surface area contributed by atoms with Gasteiger partial charge in [0, 0.05) is 62.0 Å². The highest BCUT2D eigenvalue weighted by atomic mass is 15.1. The van der Waals surface area contributed by atoms with E-state index in [0.29, 0.717) is 5.82 Å². The number of allylic oxidation sites excluding steroid dienone is 5. The average molecular weight is 430 g/mol.